The van der Waals surface area contributed by atoms with E-state index in [1.807, 2.05) is 29.4 Å². The van der Waals surface area contributed by atoms with Gasteiger partial charge in [-0.15, -0.1) is 0 Å². The summed E-state index contributed by atoms with van der Waals surface area (Å²) in [7, 11) is 0. The molecule has 1 aromatic rings. The number of amides is 1. The van der Waals surface area contributed by atoms with Crippen molar-refractivity contribution in [1.29, 1.82) is 0 Å². The Morgan fingerprint density at radius 3 is 2.43 bits per heavy atom. The first kappa shape index (κ1) is 15.9. The summed E-state index contributed by atoms with van der Waals surface area (Å²) in [6.07, 6.45) is 4.40. The monoisotopic (exact) mass is 290 g/mol. The molecule has 0 radical (unpaired) electrons. The van der Waals surface area contributed by atoms with Crippen molar-refractivity contribution in [1.82, 2.24) is 14.8 Å². The second-order valence-corrected chi connectivity index (χ2v) is 6.19. The second-order valence-electron chi connectivity index (χ2n) is 6.19. The maximum absolute atomic E-state index is 12.3. The Hall–Kier alpha value is -1.46. The van der Waals surface area contributed by atoms with E-state index in [1.165, 1.54) is 5.56 Å². The molecule has 21 heavy (non-hydrogen) atoms. The van der Waals surface area contributed by atoms with Gasteiger partial charge < -0.3 is 10.6 Å². The fraction of sp³-hybridized carbons (Fsp3) is 0.625. The van der Waals surface area contributed by atoms with Gasteiger partial charge in [-0.05, 0) is 30.0 Å². The largest absolute Gasteiger partial charge is 0.339 e. The van der Waals surface area contributed by atoms with Crippen LogP contribution in [0.2, 0.25) is 0 Å². The minimum atomic E-state index is -0.350. The second kappa shape index (κ2) is 7.52. The van der Waals surface area contributed by atoms with Crippen molar-refractivity contribution in [2.75, 3.05) is 26.2 Å². The van der Waals surface area contributed by atoms with Gasteiger partial charge in [-0.1, -0.05) is 13.8 Å². The Bertz CT molecular complexity index is 441. The quantitative estimate of drug-likeness (QED) is 0.882. The van der Waals surface area contributed by atoms with E-state index in [0.717, 1.165) is 39.1 Å². The molecule has 0 bridgehead atoms. The highest BCUT2D eigenvalue weighted by molar-refractivity contribution is 5.81. The molecule has 1 amide bonds. The predicted octanol–water partition coefficient (Wildman–Crippen LogP) is 1.10. The number of hydrogen-bond acceptors (Lipinski definition) is 4. The first-order valence-electron chi connectivity index (χ1n) is 7.72. The molecule has 5 heteroatoms. The summed E-state index contributed by atoms with van der Waals surface area (Å²) in [5, 5.41) is 0. The molecule has 0 spiro atoms. The maximum atomic E-state index is 12.3. The number of pyridine rings is 1. The van der Waals surface area contributed by atoms with Crippen LogP contribution in [0.15, 0.2) is 24.5 Å². The van der Waals surface area contributed by atoms with Crippen LogP contribution in [-0.2, 0) is 11.3 Å². The van der Waals surface area contributed by atoms with E-state index >= 15 is 0 Å². The van der Waals surface area contributed by atoms with Crippen molar-refractivity contribution < 1.29 is 4.79 Å². The van der Waals surface area contributed by atoms with Crippen LogP contribution in [-0.4, -0.2) is 52.9 Å². The average Bonchev–Trinajstić information content (AvgIpc) is 2.47. The summed E-state index contributed by atoms with van der Waals surface area (Å²) < 4.78 is 0. The topological polar surface area (TPSA) is 62.5 Å². The number of piperazine rings is 1. The third kappa shape index (κ3) is 4.79. The standard InChI is InChI=1S/C16H26N4O/c1-13(2)11-15(17)16(21)20-9-7-19(8-10-20)12-14-3-5-18-6-4-14/h3-6,13,15H,7-12,17H2,1-2H3. The summed E-state index contributed by atoms with van der Waals surface area (Å²) in [6, 6.07) is 3.73. The molecule has 1 aliphatic rings. The Kier molecular flexibility index (Phi) is 5.70. The first-order chi connectivity index (χ1) is 10.1. The van der Waals surface area contributed by atoms with Gasteiger partial charge in [0.2, 0.25) is 5.91 Å². The van der Waals surface area contributed by atoms with Crippen LogP contribution in [0.3, 0.4) is 0 Å². The Morgan fingerprint density at radius 2 is 1.86 bits per heavy atom. The first-order valence-corrected chi connectivity index (χ1v) is 7.72. The molecule has 0 saturated carbocycles. The molecule has 1 aromatic heterocycles. The van der Waals surface area contributed by atoms with E-state index in [9.17, 15) is 4.79 Å². The zero-order valence-electron chi connectivity index (χ0n) is 13.0. The predicted molar refractivity (Wildman–Crippen MR) is 83.5 cm³/mol. The van der Waals surface area contributed by atoms with Crippen molar-refractivity contribution in [3.05, 3.63) is 30.1 Å². The molecular formula is C16H26N4O. The normalized spacial score (nSPS) is 18.0. The highest BCUT2D eigenvalue weighted by Gasteiger charge is 2.25. The number of hydrogen-bond donors (Lipinski definition) is 1. The molecule has 0 aliphatic carbocycles. The van der Waals surface area contributed by atoms with Gasteiger partial charge in [-0.3, -0.25) is 14.7 Å². The molecule has 1 fully saturated rings. The molecule has 1 unspecified atom stereocenters. The highest BCUT2D eigenvalue weighted by Crippen LogP contribution is 2.11. The number of rotatable bonds is 5. The van der Waals surface area contributed by atoms with Gasteiger partial charge in [-0.2, -0.15) is 0 Å². The molecule has 1 aliphatic heterocycles. The number of nitrogens with zero attached hydrogens (tertiary/aromatic N) is 3. The molecule has 0 aromatic carbocycles. The van der Waals surface area contributed by atoms with Gasteiger partial charge in [-0.25, -0.2) is 0 Å². The summed E-state index contributed by atoms with van der Waals surface area (Å²) in [6.45, 7) is 8.47. The lowest BCUT2D eigenvalue weighted by Gasteiger charge is -2.36. The van der Waals surface area contributed by atoms with E-state index in [1.54, 1.807) is 0 Å². The lowest BCUT2D eigenvalue weighted by Crippen LogP contribution is -2.53. The number of nitrogens with two attached hydrogens (primary N) is 1. The van der Waals surface area contributed by atoms with Crippen LogP contribution in [0.5, 0.6) is 0 Å². The zero-order chi connectivity index (χ0) is 15.2. The number of carbonyl (C=O) groups is 1. The fourth-order valence-corrected chi connectivity index (χ4v) is 2.72. The van der Waals surface area contributed by atoms with E-state index in [2.05, 4.69) is 23.7 Å². The molecule has 5 nitrogen and oxygen atoms in total. The van der Waals surface area contributed by atoms with Crippen LogP contribution in [0.25, 0.3) is 0 Å². The van der Waals surface area contributed by atoms with Crippen molar-refractivity contribution in [3.63, 3.8) is 0 Å². The Balaban J connectivity index is 1.79. The lowest BCUT2D eigenvalue weighted by molar-refractivity contribution is -0.134. The summed E-state index contributed by atoms with van der Waals surface area (Å²) in [4.78, 5) is 20.6. The number of carbonyl (C=O) groups excluding carboxylic acids is 1. The molecule has 2 rings (SSSR count). The smallest absolute Gasteiger partial charge is 0.239 e. The van der Waals surface area contributed by atoms with E-state index < -0.39 is 0 Å². The van der Waals surface area contributed by atoms with Crippen molar-refractivity contribution in [2.45, 2.75) is 32.9 Å². The lowest BCUT2D eigenvalue weighted by atomic mass is 10.0. The Labute approximate surface area is 127 Å². The van der Waals surface area contributed by atoms with Gasteiger partial charge in [0.1, 0.15) is 0 Å². The van der Waals surface area contributed by atoms with Gasteiger partial charge in [0, 0.05) is 45.1 Å². The molecular weight excluding hydrogens is 264 g/mol. The molecule has 116 valence electrons. The molecule has 2 heterocycles. The van der Waals surface area contributed by atoms with Crippen LogP contribution in [0.1, 0.15) is 25.8 Å². The third-order valence-electron chi connectivity index (χ3n) is 3.88. The minimum absolute atomic E-state index is 0.104. The zero-order valence-corrected chi connectivity index (χ0v) is 13.0. The van der Waals surface area contributed by atoms with E-state index in [4.69, 9.17) is 5.73 Å². The number of aromatic nitrogens is 1. The minimum Gasteiger partial charge on any atom is -0.339 e. The van der Waals surface area contributed by atoms with Crippen molar-refractivity contribution in [2.24, 2.45) is 11.7 Å². The van der Waals surface area contributed by atoms with Crippen LogP contribution < -0.4 is 5.73 Å². The molecule has 1 saturated heterocycles. The van der Waals surface area contributed by atoms with E-state index in [0.29, 0.717) is 5.92 Å². The summed E-state index contributed by atoms with van der Waals surface area (Å²) in [5.74, 6) is 0.559. The Morgan fingerprint density at radius 1 is 1.24 bits per heavy atom. The van der Waals surface area contributed by atoms with Gasteiger partial charge in [0.15, 0.2) is 0 Å². The SMILES string of the molecule is CC(C)CC(N)C(=O)N1CCN(Cc2ccncc2)CC1. The van der Waals surface area contributed by atoms with Crippen molar-refractivity contribution in [3.8, 4) is 0 Å². The van der Waals surface area contributed by atoms with Gasteiger partial charge >= 0.3 is 0 Å². The van der Waals surface area contributed by atoms with Crippen molar-refractivity contribution >= 4 is 5.91 Å². The fourth-order valence-electron chi connectivity index (χ4n) is 2.72. The molecule has 1 atom stereocenters. The van der Waals surface area contributed by atoms with E-state index in [-0.39, 0.29) is 11.9 Å². The van der Waals surface area contributed by atoms with Gasteiger partial charge in [0.05, 0.1) is 6.04 Å². The maximum Gasteiger partial charge on any atom is 0.239 e. The van der Waals surface area contributed by atoms with Crippen LogP contribution >= 0.6 is 0 Å². The summed E-state index contributed by atoms with van der Waals surface area (Å²) in [5.41, 5.74) is 7.26. The highest BCUT2D eigenvalue weighted by atomic mass is 16.2. The van der Waals surface area contributed by atoms with Crippen LogP contribution in [0, 0.1) is 5.92 Å². The summed E-state index contributed by atoms with van der Waals surface area (Å²) >= 11 is 0. The van der Waals surface area contributed by atoms with Gasteiger partial charge in [0.25, 0.3) is 0 Å². The average molecular weight is 290 g/mol. The van der Waals surface area contributed by atoms with Crippen LogP contribution in [0.4, 0.5) is 0 Å². The third-order valence-corrected chi connectivity index (χ3v) is 3.88. The molecule has 2 N–H and O–H groups in total.